The van der Waals surface area contributed by atoms with E-state index in [1.54, 1.807) is 0 Å². The largest absolute Gasteiger partial charge is 0.369 e. The van der Waals surface area contributed by atoms with Crippen molar-refractivity contribution in [3.8, 4) is 0 Å². The van der Waals surface area contributed by atoms with Gasteiger partial charge in [-0.3, -0.25) is 4.79 Å². The third-order valence-corrected chi connectivity index (χ3v) is 8.12. The fraction of sp³-hybridized carbons (Fsp3) is 0.652. The van der Waals surface area contributed by atoms with Gasteiger partial charge >= 0.3 is 0 Å². The maximum absolute atomic E-state index is 12.9. The molecule has 0 radical (unpaired) electrons. The minimum atomic E-state index is 0.0641. The highest BCUT2D eigenvalue weighted by Crippen LogP contribution is 2.61. The van der Waals surface area contributed by atoms with E-state index in [0.717, 1.165) is 47.2 Å². The summed E-state index contributed by atoms with van der Waals surface area (Å²) in [5.74, 6) is 2.63. The molecule has 0 atom stereocenters. The number of anilines is 2. The summed E-state index contributed by atoms with van der Waals surface area (Å²) < 4.78 is 0. The van der Waals surface area contributed by atoms with Crippen molar-refractivity contribution < 1.29 is 4.79 Å². The zero-order valence-corrected chi connectivity index (χ0v) is 18.5. The summed E-state index contributed by atoms with van der Waals surface area (Å²) >= 11 is 12.0. The molecule has 29 heavy (non-hydrogen) atoms. The SMILES string of the molecule is O=C(CC12CC3CC(CC(C3)C1)C2)NC(=S)Nc1cccc(Cl)c1N1CCCC1. The monoisotopic (exact) mass is 431 g/mol. The van der Waals surface area contributed by atoms with Crippen LogP contribution in [0.25, 0.3) is 0 Å². The van der Waals surface area contributed by atoms with E-state index in [1.165, 1.54) is 51.4 Å². The Kier molecular flexibility index (Phi) is 5.23. The number of rotatable bonds is 4. The van der Waals surface area contributed by atoms with Crippen LogP contribution in [0.3, 0.4) is 0 Å². The summed E-state index contributed by atoms with van der Waals surface area (Å²) in [6.45, 7) is 2.01. The second-order valence-corrected chi connectivity index (χ2v) is 10.7. The Morgan fingerprint density at radius 1 is 1.10 bits per heavy atom. The molecule has 0 aromatic heterocycles. The maximum Gasteiger partial charge on any atom is 0.226 e. The van der Waals surface area contributed by atoms with Crippen LogP contribution in [0.15, 0.2) is 18.2 Å². The lowest BCUT2D eigenvalue weighted by Gasteiger charge is -2.56. The number of thiocarbonyl (C=S) groups is 1. The summed E-state index contributed by atoms with van der Waals surface area (Å²) in [4.78, 5) is 15.2. The zero-order chi connectivity index (χ0) is 20.0. The first-order valence-corrected chi connectivity index (χ1v) is 11.9. The maximum atomic E-state index is 12.9. The molecule has 6 heteroatoms. The number of nitrogens with zero attached hydrogens (tertiary/aromatic N) is 1. The normalized spacial score (nSPS) is 32.4. The molecule has 1 aliphatic heterocycles. The van der Waals surface area contributed by atoms with Crippen LogP contribution in [-0.4, -0.2) is 24.1 Å². The Morgan fingerprint density at radius 2 is 1.72 bits per heavy atom. The smallest absolute Gasteiger partial charge is 0.226 e. The number of hydrogen-bond donors (Lipinski definition) is 2. The van der Waals surface area contributed by atoms with E-state index in [9.17, 15) is 4.79 Å². The van der Waals surface area contributed by atoms with Crippen molar-refractivity contribution in [2.24, 2.45) is 23.2 Å². The van der Waals surface area contributed by atoms with Gasteiger partial charge in [-0.25, -0.2) is 0 Å². The van der Waals surface area contributed by atoms with Gasteiger partial charge in [0.2, 0.25) is 5.91 Å². The Bertz CT molecular complexity index is 785. The molecule has 0 spiro atoms. The van der Waals surface area contributed by atoms with Crippen LogP contribution in [0.4, 0.5) is 11.4 Å². The molecule has 4 nitrogen and oxygen atoms in total. The van der Waals surface area contributed by atoms with Crippen LogP contribution in [0.5, 0.6) is 0 Å². The van der Waals surface area contributed by atoms with E-state index in [4.69, 9.17) is 23.8 Å². The summed E-state index contributed by atoms with van der Waals surface area (Å²) in [6, 6.07) is 5.82. The summed E-state index contributed by atoms with van der Waals surface area (Å²) in [7, 11) is 0. The third-order valence-electron chi connectivity index (χ3n) is 7.61. The van der Waals surface area contributed by atoms with Crippen molar-refractivity contribution in [2.75, 3.05) is 23.3 Å². The van der Waals surface area contributed by atoms with Gasteiger partial charge in [0.15, 0.2) is 5.11 Å². The van der Waals surface area contributed by atoms with Crippen molar-refractivity contribution >= 4 is 46.2 Å². The molecule has 156 valence electrons. The Morgan fingerprint density at radius 3 is 2.34 bits per heavy atom. The number of carbonyl (C=O) groups is 1. The highest BCUT2D eigenvalue weighted by Gasteiger charge is 2.51. The molecule has 5 fully saturated rings. The summed E-state index contributed by atoms with van der Waals surface area (Å²) in [5.41, 5.74) is 2.09. The van der Waals surface area contributed by atoms with Gasteiger partial charge in [0.25, 0.3) is 0 Å². The number of para-hydroxylation sites is 1. The van der Waals surface area contributed by atoms with Crippen molar-refractivity contribution in [3.63, 3.8) is 0 Å². The molecule has 6 rings (SSSR count). The molecule has 4 saturated carbocycles. The van der Waals surface area contributed by atoms with E-state index >= 15 is 0 Å². The van der Waals surface area contributed by atoms with E-state index in [-0.39, 0.29) is 11.3 Å². The molecule has 4 bridgehead atoms. The zero-order valence-electron chi connectivity index (χ0n) is 16.9. The number of amides is 1. The van der Waals surface area contributed by atoms with Crippen LogP contribution < -0.4 is 15.5 Å². The second-order valence-electron chi connectivity index (χ2n) is 9.93. The highest BCUT2D eigenvalue weighted by molar-refractivity contribution is 7.80. The number of nitrogens with one attached hydrogen (secondary N) is 2. The van der Waals surface area contributed by atoms with Crippen molar-refractivity contribution in [2.45, 2.75) is 57.8 Å². The number of benzene rings is 1. The number of hydrogen-bond acceptors (Lipinski definition) is 3. The topological polar surface area (TPSA) is 44.4 Å². The molecule has 2 N–H and O–H groups in total. The molecular formula is C23H30ClN3OS. The Hall–Kier alpha value is -1.33. The Labute approximate surface area is 183 Å². The second kappa shape index (κ2) is 7.73. The van der Waals surface area contributed by atoms with Gasteiger partial charge in [0.1, 0.15) is 0 Å². The molecule has 1 saturated heterocycles. The van der Waals surface area contributed by atoms with E-state index in [1.807, 2.05) is 18.2 Å². The molecule has 4 aliphatic carbocycles. The minimum absolute atomic E-state index is 0.0641. The first-order chi connectivity index (χ1) is 14.0. The molecule has 1 amide bonds. The van der Waals surface area contributed by atoms with Gasteiger partial charge in [0, 0.05) is 19.5 Å². The fourth-order valence-electron chi connectivity index (χ4n) is 7.05. The Balaban J connectivity index is 1.23. The fourth-order valence-corrected chi connectivity index (χ4v) is 7.57. The molecule has 0 unspecified atom stereocenters. The van der Waals surface area contributed by atoms with Crippen molar-refractivity contribution in [1.29, 1.82) is 0 Å². The average molecular weight is 432 g/mol. The lowest BCUT2D eigenvalue weighted by atomic mass is 9.49. The average Bonchev–Trinajstić information content (AvgIpc) is 3.13. The lowest BCUT2D eigenvalue weighted by Crippen LogP contribution is -2.48. The van der Waals surface area contributed by atoms with Gasteiger partial charge in [-0.1, -0.05) is 17.7 Å². The van der Waals surface area contributed by atoms with Gasteiger partial charge in [-0.15, -0.1) is 0 Å². The van der Waals surface area contributed by atoms with Gasteiger partial charge in [-0.05, 0) is 98.9 Å². The summed E-state index contributed by atoms with van der Waals surface area (Å²) in [5, 5.41) is 7.30. The highest BCUT2D eigenvalue weighted by atomic mass is 35.5. The van der Waals surface area contributed by atoms with Crippen molar-refractivity contribution in [1.82, 2.24) is 5.32 Å². The number of halogens is 1. The number of carbonyl (C=O) groups excluding carboxylic acids is 1. The van der Waals surface area contributed by atoms with E-state index in [0.29, 0.717) is 11.5 Å². The molecule has 5 aliphatic rings. The quantitative estimate of drug-likeness (QED) is 0.630. The van der Waals surface area contributed by atoms with Crippen molar-refractivity contribution in [3.05, 3.63) is 23.2 Å². The predicted octanol–water partition coefficient (Wildman–Crippen LogP) is 5.36. The van der Waals surface area contributed by atoms with Gasteiger partial charge in [-0.2, -0.15) is 0 Å². The van der Waals surface area contributed by atoms with E-state index in [2.05, 4.69) is 15.5 Å². The van der Waals surface area contributed by atoms with Crippen LogP contribution in [-0.2, 0) is 4.79 Å². The molecule has 1 aromatic rings. The van der Waals surface area contributed by atoms with E-state index < -0.39 is 0 Å². The van der Waals surface area contributed by atoms with Gasteiger partial charge in [0.05, 0.1) is 16.4 Å². The minimum Gasteiger partial charge on any atom is -0.369 e. The summed E-state index contributed by atoms with van der Waals surface area (Å²) in [6.07, 6.45) is 10.9. The van der Waals surface area contributed by atoms with Crippen LogP contribution in [0.2, 0.25) is 5.02 Å². The molecule has 1 heterocycles. The lowest BCUT2D eigenvalue weighted by molar-refractivity contribution is -0.127. The van der Waals surface area contributed by atoms with Crippen LogP contribution >= 0.6 is 23.8 Å². The van der Waals surface area contributed by atoms with Crippen LogP contribution in [0, 0.1) is 23.2 Å². The predicted molar refractivity (Wildman–Crippen MR) is 122 cm³/mol. The molecule has 1 aromatic carbocycles. The van der Waals surface area contributed by atoms with Gasteiger partial charge < -0.3 is 15.5 Å². The standard InChI is InChI=1S/C23H30ClN3OS/c24-18-4-3-5-19(21(18)27-6-1-2-7-27)25-22(29)26-20(28)14-23-11-15-8-16(12-23)10-17(9-15)13-23/h3-5,15-17H,1-2,6-14H2,(H2,25,26,28,29). The van der Waals surface area contributed by atoms with Crippen LogP contribution in [0.1, 0.15) is 57.8 Å². The molecular weight excluding hydrogens is 402 g/mol. The third kappa shape index (κ3) is 4.00. The first kappa shape index (κ1) is 19.6. The first-order valence-electron chi connectivity index (χ1n) is 11.1.